The molecule has 0 aliphatic carbocycles. The van der Waals surface area contributed by atoms with Gasteiger partial charge in [-0.25, -0.2) is 0 Å². The number of carbonyl (C=O) groups excluding carboxylic acids is 2. The fourth-order valence-corrected chi connectivity index (χ4v) is 3.24. The molecule has 1 aliphatic heterocycles. The first kappa shape index (κ1) is 18.6. The molecular weight excluding hydrogens is 344 g/mol. The van der Waals surface area contributed by atoms with Crippen LogP contribution in [0.1, 0.15) is 31.9 Å². The van der Waals surface area contributed by atoms with Crippen molar-refractivity contribution in [1.29, 1.82) is 0 Å². The van der Waals surface area contributed by atoms with Crippen molar-refractivity contribution in [1.82, 2.24) is 4.98 Å². The lowest BCUT2D eigenvalue weighted by atomic mass is 9.92. The lowest BCUT2D eigenvalue weighted by molar-refractivity contribution is -0.118. The van der Waals surface area contributed by atoms with Gasteiger partial charge in [0, 0.05) is 24.5 Å². The molecule has 1 aromatic carbocycles. The van der Waals surface area contributed by atoms with Gasteiger partial charge in [-0.1, -0.05) is 13.8 Å². The number of aliphatic hydroxyl groups excluding tert-OH is 1. The Morgan fingerprint density at radius 2 is 1.81 bits per heavy atom. The van der Waals surface area contributed by atoms with Gasteiger partial charge in [0.15, 0.2) is 11.5 Å². The number of methoxy groups -OCH3 is 1. The van der Waals surface area contributed by atoms with Gasteiger partial charge in [0.1, 0.15) is 5.75 Å². The number of Topliss-reactive ketones (excluding diaryl/α,β-unsaturated/α-hetero) is 1. The number of amides is 1. The maximum atomic E-state index is 12.9. The Labute approximate surface area is 158 Å². The zero-order valence-corrected chi connectivity index (χ0v) is 15.5. The van der Waals surface area contributed by atoms with E-state index in [1.54, 1.807) is 55.9 Å². The average Bonchev–Trinajstić information content (AvgIpc) is 2.93. The maximum Gasteiger partial charge on any atom is 0.294 e. The molecule has 3 rings (SSSR count). The number of hydrogen-bond acceptors (Lipinski definition) is 5. The molecule has 140 valence electrons. The monoisotopic (exact) mass is 366 g/mol. The minimum absolute atomic E-state index is 0.112. The molecule has 0 radical (unpaired) electrons. The van der Waals surface area contributed by atoms with Crippen LogP contribution >= 0.6 is 0 Å². The standard InChI is InChI=1S/C21H22N2O4/c1-13(2)12-17(24)18-19(14-8-10-22-11-9-14)23(21(26)20(18)25)15-4-6-16(27-3)7-5-15/h4-11,13,19,25H,12H2,1-3H3. The summed E-state index contributed by atoms with van der Waals surface area (Å²) in [6.07, 6.45) is 3.46. The smallest absolute Gasteiger partial charge is 0.294 e. The van der Waals surface area contributed by atoms with Crippen molar-refractivity contribution < 1.29 is 19.4 Å². The molecule has 0 bridgehead atoms. The predicted octanol–water partition coefficient (Wildman–Crippen LogP) is 3.61. The number of ketones is 1. The predicted molar refractivity (Wildman–Crippen MR) is 102 cm³/mol. The Morgan fingerprint density at radius 1 is 1.19 bits per heavy atom. The summed E-state index contributed by atoms with van der Waals surface area (Å²) in [6, 6.07) is 9.72. The van der Waals surface area contributed by atoms with Crippen LogP contribution in [0.2, 0.25) is 0 Å². The Hall–Kier alpha value is -3.15. The van der Waals surface area contributed by atoms with Crippen LogP contribution in [0.15, 0.2) is 60.1 Å². The fourth-order valence-electron chi connectivity index (χ4n) is 3.24. The Morgan fingerprint density at radius 3 is 2.37 bits per heavy atom. The van der Waals surface area contributed by atoms with Crippen molar-refractivity contribution in [2.75, 3.05) is 12.0 Å². The number of aromatic nitrogens is 1. The molecule has 1 aromatic heterocycles. The Bertz CT molecular complexity index is 873. The molecule has 0 fully saturated rings. The fraction of sp³-hybridized carbons (Fsp3) is 0.286. The van der Waals surface area contributed by atoms with E-state index in [2.05, 4.69) is 4.98 Å². The van der Waals surface area contributed by atoms with Gasteiger partial charge < -0.3 is 9.84 Å². The van der Waals surface area contributed by atoms with Crippen LogP contribution in [0.3, 0.4) is 0 Å². The van der Waals surface area contributed by atoms with Gasteiger partial charge >= 0.3 is 0 Å². The molecule has 0 saturated carbocycles. The molecule has 2 heterocycles. The molecule has 6 heteroatoms. The Kier molecular flexibility index (Phi) is 5.26. The van der Waals surface area contributed by atoms with Crippen LogP contribution in [0, 0.1) is 5.92 Å². The van der Waals surface area contributed by atoms with Crippen LogP contribution in [0.25, 0.3) is 0 Å². The van der Waals surface area contributed by atoms with E-state index in [0.29, 0.717) is 17.0 Å². The summed E-state index contributed by atoms with van der Waals surface area (Å²) in [7, 11) is 1.56. The van der Waals surface area contributed by atoms with Crippen molar-refractivity contribution in [2.24, 2.45) is 5.92 Å². The number of carbonyl (C=O) groups is 2. The van der Waals surface area contributed by atoms with E-state index in [1.165, 1.54) is 4.90 Å². The highest BCUT2D eigenvalue weighted by molar-refractivity contribution is 6.16. The number of ether oxygens (including phenoxy) is 1. The van der Waals surface area contributed by atoms with Crippen molar-refractivity contribution in [3.8, 4) is 5.75 Å². The lowest BCUT2D eigenvalue weighted by Gasteiger charge is -2.27. The lowest BCUT2D eigenvalue weighted by Crippen LogP contribution is -2.31. The molecule has 1 atom stereocenters. The summed E-state index contributed by atoms with van der Waals surface area (Å²) in [5, 5.41) is 10.5. The van der Waals surface area contributed by atoms with E-state index in [9.17, 15) is 14.7 Å². The number of benzene rings is 1. The third-order valence-electron chi connectivity index (χ3n) is 4.47. The van der Waals surface area contributed by atoms with E-state index in [1.807, 2.05) is 13.8 Å². The topological polar surface area (TPSA) is 79.7 Å². The van der Waals surface area contributed by atoms with E-state index in [0.717, 1.165) is 0 Å². The van der Waals surface area contributed by atoms with Gasteiger partial charge in [-0.15, -0.1) is 0 Å². The summed E-state index contributed by atoms with van der Waals surface area (Å²) >= 11 is 0. The minimum atomic E-state index is -0.694. The second kappa shape index (κ2) is 7.61. The van der Waals surface area contributed by atoms with Crippen molar-refractivity contribution in [2.45, 2.75) is 26.3 Å². The van der Waals surface area contributed by atoms with Crippen LogP contribution in [-0.2, 0) is 9.59 Å². The van der Waals surface area contributed by atoms with E-state index in [4.69, 9.17) is 4.74 Å². The molecule has 1 unspecified atom stereocenters. The minimum Gasteiger partial charge on any atom is -0.503 e. The third-order valence-corrected chi connectivity index (χ3v) is 4.47. The number of nitrogens with zero attached hydrogens (tertiary/aromatic N) is 2. The van der Waals surface area contributed by atoms with Crippen LogP contribution in [0.4, 0.5) is 5.69 Å². The molecule has 1 N–H and O–H groups in total. The summed E-state index contributed by atoms with van der Waals surface area (Å²) in [6.45, 7) is 3.85. The van der Waals surface area contributed by atoms with Crippen LogP contribution < -0.4 is 9.64 Å². The molecule has 6 nitrogen and oxygen atoms in total. The van der Waals surface area contributed by atoms with Gasteiger partial charge in [-0.2, -0.15) is 0 Å². The first-order valence-electron chi connectivity index (χ1n) is 8.78. The SMILES string of the molecule is COc1ccc(N2C(=O)C(O)=C(C(=O)CC(C)C)C2c2ccncc2)cc1. The molecular formula is C21H22N2O4. The van der Waals surface area contributed by atoms with Gasteiger partial charge in [-0.3, -0.25) is 19.5 Å². The highest BCUT2D eigenvalue weighted by Gasteiger charge is 2.44. The van der Waals surface area contributed by atoms with E-state index in [-0.39, 0.29) is 23.7 Å². The molecule has 1 aliphatic rings. The first-order chi connectivity index (χ1) is 12.9. The quantitative estimate of drug-likeness (QED) is 0.845. The Balaban J connectivity index is 2.10. The van der Waals surface area contributed by atoms with Gasteiger partial charge in [-0.05, 0) is 47.9 Å². The average molecular weight is 366 g/mol. The second-order valence-electron chi connectivity index (χ2n) is 6.84. The van der Waals surface area contributed by atoms with E-state index >= 15 is 0 Å². The zero-order valence-electron chi connectivity index (χ0n) is 15.5. The highest BCUT2D eigenvalue weighted by atomic mass is 16.5. The largest absolute Gasteiger partial charge is 0.503 e. The third kappa shape index (κ3) is 3.56. The maximum absolute atomic E-state index is 12.9. The number of hydrogen-bond donors (Lipinski definition) is 1. The van der Waals surface area contributed by atoms with Crippen molar-refractivity contribution in [3.05, 3.63) is 65.7 Å². The summed E-state index contributed by atoms with van der Waals surface area (Å²) in [4.78, 5) is 31.2. The summed E-state index contributed by atoms with van der Waals surface area (Å²) < 4.78 is 5.17. The second-order valence-corrected chi connectivity index (χ2v) is 6.84. The molecule has 1 amide bonds. The number of pyridine rings is 1. The molecule has 27 heavy (non-hydrogen) atoms. The van der Waals surface area contributed by atoms with E-state index < -0.39 is 17.7 Å². The van der Waals surface area contributed by atoms with Crippen LogP contribution in [-0.4, -0.2) is 28.9 Å². The van der Waals surface area contributed by atoms with Crippen molar-refractivity contribution in [3.63, 3.8) is 0 Å². The van der Waals surface area contributed by atoms with Crippen molar-refractivity contribution >= 4 is 17.4 Å². The molecule has 2 aromatic rings. The number of rotatable bonds is 6. The summed E-state index contributed by atoms with van der Waals surface area (Å²) in [5.74, 6) is -0.541. The first-order valence-corrected chi connectivity index (χ1v) is 8.78. The normalized spacial score (nSPS) is 17.0. The van der Waals surface area contributed by atoms with Gasteiger partial charge in [0.05, 0.1) is 18.7 Å². The summed E-state index contributed by atoms with van der Waals surface area (Å²) in [5.41, 5.74) is 1.42. The zero-order chi connectivity index (χ0) is 19.6. The molecule has 0 saturated heterocycles. The van der Waals surface area contributed by atoms with Gasteiger partial charge in [0.25, 0.3) is 5.91 Å². The van der Waals surface area contributed by atoms with Crippen LogP contribution in [0.5, 0.6) is 5.75 Å². The number of aliphatic hydroxyl groups is 1. The van der Waals surface area contributed by atoms with Gasteiger partial charge in [0.2, 0.25) is 0 Å². The number of anilines is 1. The highest BCUT2D eigenvalue weighted by Crippen LogP contribution is 2.41. The molecule has 0 spiro atoms.